The van der Waals surface area contributed by atoms with Crippen molar-refractivity contribution in [3.8, 4) is 11.5 Å². The van der Waals surface area contributed by atoms with Crippen LogP contribution in [0.15, 0.2) is 16.6 Å². The van der Waals surface area contributed by atoms with Crippen molar-refractivity contribution in [2.45, 2.75) is 0 Å². The number of rotatable bonds is 2. The standard InChI is InChI=1S/C9H6BrClO3/c10-6-2-9-8(13-4-14-9)1-5(6)7(12)3-11/h1-2H,3-4H2. The Labute approximate surface area is 94.1 Å². The van der Waals surface area contributed by atoms with Crippen LogP contribution in [0.2, 0.25) is 0 Å². The Kier molecular flexibility index (Phi) is 2.65. The van der Waals surface area contributed by atoms with Gasteiger partial charge in [-0.3, -0.25) is 4.79 Å². The molecule has 0 saturated heterocycles. The summed E-state index contributed by atoms with van der Waals surface area (Å²) >= 11 is 8.74. The summed E-state index contributed by atoms with van der Waals surface area (Å²) in [4.78, 5) is 11.4. The maximum Gasteiger partial charge on any atom is 0.231 e. The first kappa shape index (κ1) is 9.80. The Balaban J connectivity index is 2.47. The van der Waals surface area contributed by atoms with Gasteiger partial charge in [0.2, 0.25) is 6.79 Å². The average Bonchev–Trinajstić information content (AvgIpc) is 2.62. The van der Waals surface area contributed by atoms with Crippen molar-refractivity contribution in [1.29, 1.82) is 0 Å². The molecule has 0 aromatic heterocycles. The van der Waals surface area contributed by atoms with Gasteiger partial charge in [-0.1, -0.05) is 0 Å². The molecule has 0 fully saturated rings. The predicted molar refractivity (Wildman–Crippen MR) is 55.3 cm³/mol. The van der Waals surface area contributed by atoms with E-state index in [0.717, 1.165) is 0 Å². The molecule has 1 heterocycles. The lowest BCUT2D eigenvalue weighted by atomic mass is 10.1. The highest BCUT2D eigenvalue weighted by Crippen LogP contribution is 2.37. The van der Waals surface area contributed by atoms with Crippen LogP contribution in [0.3, 0.4) is 0 Å². The summed E-state index contributed by atoms with van der Waals surface area (Å²) in [7, 11) is 0. The zero-order valence-corrected chi connectivity index (χ0v) is 9.39. The van der Waals surface area contributed by atoms with Gasteiger partial charge in [0.05, 0.1) is 5.88 Å². The third-order valence-corrected chi connectivity index (χ3v) is 2.78. The molecule has 0 spiro atoms. The van der Waals surface area contributed by atoms with E-state index in [4.69, 9.17) is 21.1 Å². The van der Waals surface area contributed by atoms with E-state index in [0.29, 0.717) is 21.5 Å². The summed E-state index contributed by atoms with van der Waals surface area (Å²) in [6, 6.07) is 3.35. The van der Waals surface area contributed by atoms with Gasteiger partial charge in [0.15, 0.2) is 17.3 Å². The van der Waals surface area contributed by atoms with Crippen LogP contribution in [0.4, 0.5) is 0 Å². The zero-order chi connectivity index (χ0) is 10.1. The first-order valence-corrected chi connectivity index (χ1v) is 5.23. The topological polar surface area (TPSA) is 35.5 Å². The van der Waals surface area contributed by atoms with Crippen molar-refractivity contribution in [3.63, 3.8) is 0 Å². The molecule has 0 atom stereocenters. The van der Waals surface area contributed by atoms with Crippen LogP contribution in [0.5, 0.6) is 11.5 Å². The van der Waals surface area contributed by atoms with Gasteiger partial charge in [0.25, 0.3) is 0 Å². The third kappa shape index (κ3) is 1.60. The molecule has 0 aliphatic carbocycles. The maximum atomic E-state index is 11.4. The van der Waals surface area contributed by atoms with E-state index in [1.165, 1.54) is 0 Å². The second-order valence-corrected chi connectivity index (χ2v) is 3.86. The molecule has 0 amide bonds. The van der Waals surface area contributed by atoms with Gasteiger partial charge >= 0.3 is 0 Å². The number of carbonyl (C=O) groups excluding carboxylic acids is 1. The fraction of sp³-hybridized carbons (Fsp3) is 0.222. The molecule has 1 aromatic rings. The summed E-state index contributed by atoms with van der Waals surface area (Å²) in [5.41, 5.74) is 0.518. The molecule has 2 rings (SSSR count). The molecule has 5 heteroatoms. The summed E-state index contributed by atoms with van der Waals surface area (Å²) in [6.45, 7) is 0.195. The lowest BCUT2D eigenvalue weighted by Crippen LogP contribution is -2.01. The maximum absolute atomic E-state index is 11.4. The lowest BCUT2D eigenvalue weighted by Gasteiger charge is -2.03. The Morgan fingerprint density at radius 3 is 2.71 bits per heavy atom. The second kappa shape index (κ2) is 3.79. The van der Waals surface area contributed by atoms with Crippen molar-refractivity contribution in [3.05, 3.63) is 22.2 Å². The van der Waals surface area contributed by atoms with Crippen LogP contribution in [0.1, 0.15) is 10.4 Å². The Morgan fingerprint density at radius 1 is 1.43 bits per heavy atom. The van der Waals surface area contributed by atoms with Crippen molar-refractivity contribution < 1.29 is 14.3 Å². The van der Waals surface area contributed by atoms with Crippen LogP contribution in [0.25, 0.3) is 0 Å². The fourth-order valence-corrected chi connectivity index (χ4v) is 1.89. The van der Waals surface area contributed by atoms with Crippen LogP contribution in [-0.2, 0) is 0 Å². The van der Waals surface area contributed by atoms with E-state index in [-0.39, 0.29) is 18.5 Å². The normalized spacial score (nSPS) is 13.0. The SMILES string of the molecule is O=C(CCl)c1cc2c(cc1Br)OCO2. The van der Waals surface area contributed by atoms with Crippen LogP contribution in [-0.4, -0.2) is 18.5 Å². The average molecular weight is 278 g/mol. The van der Waals surface area contributed by atoms with Gasteiger partial charge in [-0.15, -0.1) is 11.6 Å². The highest BCUT2D eigenvalue weighted by atomic mass is 79.9. The predicted octanol–water partition coefficient (Wildman–Crippen LogP) is 2.60. The molecule has 0 bridgehead atoms. The number of halogens is 2. The van der Waals surface area contributed by atoms with Gasteiger partial charge < -0.3 is 9.47 Å². The molecule has 14 heavy (non-hydrogen) atoms. The van der Waals surface area contributed by atoms with Crippen LogP contribution in [0, 0.1) is 0 Å². The minimum absolute atomic E-state index is 0.0434. The molecular formula is C9H6BrClO3. The van der Waals surface area contributed by atoms with Crippen LogP contribution < -0.4 is 9.47 Å². The fourth-order valence-electron chi connectivity index (χ4n) is 1.20. The van der Waals surface area contributed by atoms with Crippen molar-refractivity contribution >= 4 is 33.3 Å². The molecule has 0 saturated carbocycles. The number of hydrogen-bond acceptors (Lipinski definition) is 3. The monoisotopic (exact) mass is 276 g/mol. The summed E-state index contributed by atoms with van der Waals surface area (Å²) in [5, 5.41) is 0. The zero-order valence-electron chi connectivity index (χ0n) is 7.05. The Bertz CT molecular complexity index is 392. The quantitative estimate of drug-likeness (QED) is 0.616. The summed E-state index contributed by atoms with van der Waals surface area (Å²) in [6.07, 6.45) is 0. The van der Waals surface area contributed by atoms with Crippen LogP contribution >= 0.6 is 27.5 Å². The van der Waals surface area contributed by atoms with E-state index in [1.54, 1.807) is 12.1 Å². The third-order valence-electron chi connectivity index (χ3n) is 1.88. The number of fused-ring (bicyclic) bond motifs is 1. The van der Waals surface area contributed by atoms with Gasteiger partial charge in [0.1, 0.15) is 0 Å². The molecule has 0 N–H and O–H groups in total. The lowest BCUT2D eigenvalue weighted by molar-refractivity contribution is 0.102. The minimum atomic E-state index is -0.142. The smallest absolute Gasteiger partial charge is 0.231 e. The summed E-state index contributed by atoms with van der Waals surface area (Å²) < 4.78 is 11.0. The molecule has 0 unspecified atom stereocenters. The molecule has 1 aromatic carbocycles. The number of Topliss-reactive ketones (excluding diaryl/α,β-unsaturated/α-hetero) is 1. The second-order valence-electron chi connectivity index (χ2n) is 2.74. The van der Waals surface area contributed by atoms with Gasteiger partial charge in [-0.2, -0.15) is 0 Å². The first-order chi connectivity index (χ1) is 6.72. The van der Waals surface area contributed by atoms with E-state index < -0.39 is 0 Å². The summed E-state index contributed by atoms with van der Waals surface area (Å²) in [5.74, 6) is 1.04. The largest absolute Gasteiger partial charge is 0.454 e. The number of alkyl halides is 1. The number of ether oxygens (including phenoxy) is 2. The highest BCUT2D eigenvalue weighted by molar-refractivity contribution is 9.10. The number of carbonyl (C=O) groups is 1. The van der Waals surface area contributed by atoms with Gasteiger partial charge in [0, 0.05) is 10.0 Å². The van der Waals surface area contributed by atoms with Crippen molar-refractivity contribution in [2.24, 2.45) is 0 Å². The van der Waals surface area contributed by atoms with E-state index >= 15 is 0 Å². The highest BCUT2D eigenvalue weighted by Gasteiger charge is 2.19. The van der Waals surface area contributed by atoms with Crippen molar-refractivity contribution in [1.82, 2.24) is 0 Å². The minimum Gasteiger partial charge on any atom is -0.454 e. The molecular weight excluding hydrogens is 271 g/mol. The van der Waals surface area contributed by atoms with E-state index in [1.807, 2.05) is 0 Å². The Morgan fingerprint density at radius 2 is 2.07 bits per heavy atom. The number of ketones is 1. The Hall–Kier alpha value is -0.740. The van der Waals surface area contributed by atoms with E-state index in [9.17, 15) is 4.79 Å². The van der Waals surface area contributed by atoms with E-state index in [2.05, 4.69) is 15.9 Å². The van der Waals surface area contributed by atoms with Gasteiger partial charge in [-0.05, 0) is 28.1 Å². The molecule has 74 valence electrons. The molecule has 0 radical (unpaired) electrons. The molecule has 1 aliphatic rings. The van der Waals surface area contributed by atoms with Crippen molar-refractivity contribution in [2.75, 3.05) is 12.7 Å². The number of benzene rings is 1. The first-order valence-electron chi connectivity index (χ1n) is 3.90. The molecule has 3 nitrogen and oxygen atoms in total. The molecule has 1 aliphatic heterocycles. The number of hydrogen-bond donors (Lipinski definition) is 0. The van der Waals surface area contributed by atoms with Gasteiger partial charge in [-0.25, -0.2) is 0 Å².